The van der Waals surface area contributed by atoms with Crippen molar-refractivity contribution in [2.24, 2.45) is 0 Å². The van der Waals surface area contributed by atoms with E-state index in [1.165, 1.54) is 7.11 Å². The third kappa shape index (κ3) is 1.99. The summed E-state index contributed by atoms with van der Waals surface area (Å²) in [7, 11) is 1.36. The first-order valence-corrected chi connectivity index (χ1v) is 5.39. The first-order chi connectivity index (χ1) is 7.72. The Kier molecular flexibility index (Phi) is 3.05. The van der Waals surface area contributed by atoms with Crippen molar-refractivity contribution < 1.29 is 9.53 Å². The highest BCUT2D eigenvalue weighted by Crippen LogP contribution is 2.23. The number of esters is 1. The van der Waals surface area contributed by atoms with Gasteiger partial charge in [0.15, 0.2) is 0 Å². The third-order valence-electron chi connectivity index (χ3n) is 2.14. The van der Waals surface area contributed by atoms with Crippen molar-refractivity contribution in [2.45, 2.75) is 0 Å². The molecule has 0 amide bonds. The molecule has 5 heteroatoms. The van der Waals surface area contributed by atoms with Crippen molar-refractivity contribution in [2.75, 3.05) is 7.11 Å². The molecule has 0 radical (unpaired) electrons. The lowest BCUT2D eigenvalue weighted by molar-refractivity contribution is 0.0600. The highest BCUT2D eigenvalue weighted by molar-refractivity contribution is 9.10. The summed E-state index contributed by atoms with van der Waals surface area (Å²) in [5, 5.41) is 0. The number of carbonyl (C=O) groups is 1. The molecule has 0 unspecified atom stereocenters. The van der Waals surface area contributed by atoms with E-state index in [0.29, 0.717) is 10.0 Å². The molecular weight excluding hydrogens is 272 g/mol. The largest absolute Gasteiger partial charge is 0.465 e. The van der Waals surface area contributed by atoms with Crippen LogP contribution < -0.4 is 0 Å². The lowest BCUT2D eigenvalue weighted by Crippen LogP contribution is -2.02. The highest BCUT2D eigenvalue weighted by atomic mass is 79.9. The van der Waals surface area contributed by atoms with Crippen LogP contribution in [0, 0.1) is 0 Å². The zero-order valence-electron chi connectivity index (χ0n) is 8.53. The van der Waals surface area contributed by atoms with Gasteiger partial charge in [-0.2, -0.15) is 0 Å². The summed E-state index contributed by atoms with van der Waals surface area (Å²) in [5.41, 5.74) is 1.32. The van der Waals surface area contributed by atoms with Gasteiger partial charge in [0.2, 0.25) is 0 Å². The molecule has 0 aliphatic carbocycles. The van der Waals surface area contributed by atoms with Crippen molar-refractivity contribution in [3.63, 3.8) is 0 Å². The summed E-state index contributed by atoms with van der Waals surface area (Å²) in [5.74, 6) is 0.345. The molecule has 1 heterocycles. The fourth-order valence-electron chi connectivity index (χ4n) is 1.36. The number of hydrogen-bond donors (Lipinski definition) is 1. The maximum atomic E-state index is 11.5. The van der Waals surface area contributed by atoms with E-state index in [2.05, 4.69) is 30.6 Å². The predicted octanol–water partition coefficient (Wildman–Crippen LogP) is 2.63. The molecular formula is C11H9BrN2O2. The highest BCUT2D eigenvalue weighted by Gasteiger charge is 2.12. The van der Waals surface area contributed by atoms with Crippen molar-refractivity contribution in [3.8, 4) is 11.4 Å². The number of benzene rings is 1. The molecule has 0 fully saturated rings. The van der Waals surface area contributed by atoms with Crippen LogP contribution in [0.1, 0.15) is 10.4 Å². The van der Waals surface area contributed by atoms with Gasteiger partial charge in [0.05, 0.1) is 12.7 Å². The number of nitrogens with zero attached hydrogens (tertiary/aromatic N) is 1. The van der Waals surface area contributed by atoms with E-state index < -0.39 is 0 Å². The fourth-order valence-corrected chi connectivity index (χ4v) is 1.77. The smallest absolute Gasteiger partial charge is 0.339 e. The van der Waals surface area contributed by atoms with Gasteiger partial charge in [-0.05, 0) is 28.1 Å². The second-order valence-electron chi connectivity index (χ2n) is 3.12. The molecule has 0 saturated heterocycles. The Morgan fingerprint density at radius 1 is 1.50 bits per heavy atom. The van der Waals surface area contributed by atoms with Gasteiger partial charge in [-0.3, -0.25) is 0 Å². The molecule has 82 valence electrons. The number of rotatable bonds is 2. The Bertz CT molecular complexity index is 509. The van der Waals surface area contributed by atoms with Crippen molar-refractivity contribution >= 4 is 21.9 Å². The fraction of sp³-hybridized carbons (Fsp3) is 0.0909. The minimum absolute atomic E-state index is 0.375. The topological polar surface area (TPSA) is 55.0 Å². The number of halogens is 1. The van der Waals surface area contributed by atoms with Gasteiger partial charge < -0.3 is 9.72 Å². The first kappa shape index (κ1) is 10.9. The molecule has 1 N–H and O–H groups in total. The molecule has 16 heavy (non-hydrogen) atoms. The maximum Gasteiger partial charge on any atom is 0.339 e. The van der Waals surface area contributed by atoms with Crippen molar-refractivity contribution in [1.29, 1.82) is 0 Å². The minimum Gasteiger partial charge on any atom is -0.465 e. The van der Waals surface area contributed by atoms with E-state index in [-0.39, 0.29) is 5.97 Å². The van der Waals surface area contributed by atoms with E-state index in [1.807, 2.05) is 6.07 Å². The SMILES string of the molecule is COC(=O)c1cc(-c2ncc[nH]2)ccc1Br. The Morgan fingerprint density at radius 2 is 2.31 bits per heavy atom. The Morgan fingerprint density at radius 3 is 2.94 bits per heavy atom. The molecule has 2 aromatic rings. The molecule has 0 bridgehead atoms. The summed E-state index contributed by atoms with van der Waals surface area (Å²) >= 11 is 3.30. The molecule has 1 aromatic heterocycles. The van der Waals surface area contributed by atoms with E-state index in [0.717, 1.165) is 11.4 Å². The number of aromatic nitrogens is 2. The van der Waals surface area contributed by atoms with Crippen molar-refractivity contribution in [3.05, 3.63) is 40.6 Å². The van der Waals surface area contributed by atoms with E-state index >= 15 is 0 Å². The number of hydrogen-bond acceptors (Lipinski definition) is 3. The summed E-state index contributed by atoms with van der Waals surface area (Å²) < 4.78 is 5.39. The zero-order chi connectivity index (χ0) is 11.5. The van der Waals surface area contributed by atoms with E-state index in [9.17, 15) is 4.79 Å². The second-order valence-corrected chi connectivity index (χ2v) is 3.98. The van der Waals surface area contributed by atoms with Crippen LogP contribution in [0.3, 0.4) is 0 Å². The van der Waals surface area contributed by atoms with E-state index in [1.54, 1.807) is 24.5 Å². The molecule has 4 nitrogen and oxygen atoms in total. The average Bonchev–Trinajstić information content (AvgIpc) is 2.82. The lowest BCUT2D eigenvalue weighted by atomic mass is 10.1. The van der Waals surface area contributed by atoms with Gasteiger partial charge in [0, 0.05) is 22.4 Å². The molecule has 0 atom stereocenters. The van der Waals surface area contributed by atoms with E-state index in [4.69, 9.17) is 0 Å². The van der Waals surface area contributed by atoms with Crippen LogP contribution in [0.5, 0.6) is 0 Å². The number of aromatic amines is 1. The summed E-state index contributed by atoms with van der Waals surface area (Å²) in [6, 6.07) is 5.40. The van der Waals surface area contributed by atoms with Gasteiger partial charge in [-0.1, -0.05) is 6.07 Å². The Hall–Kier alpha value is -1.62. The van der Waals surface area contributed by atoms with Gasteiger partial charge in [-0.15, -0.1) is 0 Å². The van der Waals surface area contributed by atoms with Crippen molar-refractivity contribution in [1.82, 2.24) is 9.97 Å². The summed E-state index contributed by atoms with van der Waals surface area (Å²) in [6.07, 6.45) is 3.39. The third-order valence-corrected chi connectivity index (χ3v) is 2.83. The van der Waals surface area contributed by atoms with Crippen LogP contribution >= 0.6 is 15.9 Å². The van der Waals surface area contributed by atoms with Gasteiger partial charge in [0.25, 0.3) is 0 Å². The number of nitrogens with one attached hydrogen (secondary N) is 1. The summed E-state index contributed by atoms with van der Waals surface area (Å²) in [4.78, 5) is 18.6. The van der Waals surface area contributed by atoms with Crippen LogP contribution in [0.4, 0.5) is 0 Å². The second kappa shape index (κ2) is 4.49. The van der Waals surface area contributed by atoms with Crippen LogP contribution in [0.15, 0.2) is 35.1 Å². The number of ether oxygens (including phenoxy) is 1. The molecule has 0 spiro atoms. The zero-order valence-corrected chi connectivity index (χ0v) is 10.1. The molecule has 0 saturated carbocycles. The Labute approximate surface area is 101 Å². The number of methoxy groups -OCH3 is 1. The molecule has 0 aliphatic heterocycles. The van der Waals surface area contributed by atoms with Crippen LogP contribution in [-0.4, -0.2) is 23.0 Å². The monoisotopic (exact) mass is 280 g/mol. The normalized spacial score (nSPS) is 10.1. The Balaban J connectivity index is 2.47. The number of H-pyrrole nitrogens is 1. The van der Waals surface area contributed by atoms with Crippen LogP contribution in [0.25, 0.3) is 11.4 Å². The first-order valence-electron chi connectivity index (χ1n) is 4.60. The standard InChI is InChI=1S/C11H9BrN2O2/c1-16-11(15)8-6-7(2-3-9(8)12)10-13-4-5-14-10/h2-6H,1H3,(H,13,14). The minimum atomic E-state index is -0.375. The number of imidazole rings is 1. The van der Waals surface area contributed by atoms with Gasteiger partial charge in [0.1, 0.15) is 5.82 Å². The lowest BCUT2D eigenvalue weighted by Gasteiger charge is -2.04. The predicted molar refractivity (Wildman–Crippen MR) is 63.1 cm³/mol. The molecule has 0 aliphatic rings. The quantitative estimate of drug-likeness (QED) is 0.861. The van der Waals surface area contributed by atoms with Crippen LogP contribution in [0.2, 0.25) is 0 Å². The van der Waals surface area contributed by atoms with Gasteiger partial charge >= 0.3 is 5.97 Å². The maximum absolute atomic E-state index is 11.5. The average molecular weight is 281 g/mol. The molecule has 1 aromatic carbocycles. The van der Waals surface area contributed by atoms with Gasteiger partial charge in [-0.25, -0.2) is 9.78 Å². The van der Waals surface area contributed by atoms with Crippen LogP contribution in [-0.2, 0) is 4.74 Å². The molecule has 2 rings (SSSR count). The number of carbonyl (C=O) groups excluding carboxylic acids is 1. The summed E-state index contributed by atoms with van der Waals surface area (Å²) in [6.45, 7) is 0.